The van der Waals surface area contributed by atoms with Crippen molar-refractivity contribution in [1.82, 2.24) is 19.6 Å². The van der Waals surface area contributed by atoms with E-state index in [1.165, 1.54) is 6.92 Å². The molecule has 0 spiro atoms. The van der Waals surface area contributed by atoms with E-state index in [2.05, 4.69) is 10.1 Å². The van der Waals surface area contributed by atoms with Gasteiger partial charge in [-0.05, 0) is 37.5 Å². The molecule has 6 rings (SSSR count). The number of esters is 1. The Bertz CT molecular complexity index is 1640. The van der Waals surface area contributed by atoms with Gasteiger partial charge in [-0.15, -0.1) is 0 Å². The summed E-state index contributed by atoms with van der Waals surface area (Å²) in [6.45, 7) is 3.31. The summed E-state index contributed by atoms with van der Waals surface area (Å²) in [5, 5.41) is 15.2. The molecule has 8 heteroatoms. The number of aryl methyl sites for hydroxylation is 1. The zero-order valence-corrected chi connectivity index (χ0v) is 20.0. The Kier molecular flexibility index (Phi) is 5.10. The minimum absolute atomic E-state index is 0.352. The van der Waals surface area contributed by atoms with Gasteiger partial charge in [0.05, 0.1) is 17.5 Å². The number of hydrogen-bond acceptors (Lipinski definition) is 7. The number of hydrogen-bond donors (Lipinski definition) is 2. The number of aliphatic hydroxyl groups excluding tert-OH is 1. The SMILES string of the molecule is CC(=O)Oc1ccccc1-c1cc2cnc3cc(C)nn3c2nc1-c1ccc([C@]2(N)C[C@H](O)C2)cc1. The lowest BCUT2D eigenvalue weighted by Gasteiger charge is -2.42. The molecular formula is C28H25N5O3. The Hall–Kier alpha value is -4.14. The van der Waals surface area contributed by atoms with Crippen LogP contribution in [-0.4, -0.2) is 36.8 Å². The summed E-state index contributed by atoms with van der Waals surface area (Å²) in [6, 6.07) is 19.3. The summed E-state index contributed by atoms with van der Waals surface area (Å²) in [6.07, 6.45) is 2.52. The van der Waals surface area contributed by atoms with E-state index in [0.717, 1.165) is 39.0 Å². The zero-order valence-electron chi connectivity index (χ0n) is 20.0. The Morgan fingerprint density at radius 1 is 1.11 bits per heavy atom. The second kappa shape index (κ2) is 8.22. The summed E-state index contributed by atoms with van der Waals surface area (Å²) in [5.74, 6) is 0.0609. The number of nitrogens with zero attached hydrogens (tertiary/aromatic N) is 4. The van der Waals surface area contributed by atoms with Gasteiger partial charge in [0.1, 0.15) is 5.75 Å². The maximum Gasteiger partial charge on any atom is 0.308 e. The van der Waals surface area contributed by atoms with Crippen LogP contribution in [0.2, 0.25) is 0 Å². The molecule has 1 saturated carbocycles. The molecule has 1 aliphatic rings. The topological polar surface area (TPSA) is 116 Å². The van der Waals surface area contributed by atoms with Crippen molar-refractivity contribution >= 4 is 22.6 Å². The van der Waals surface area contributed by atoms with E-state index >= 15 is 0 Å². The molecule has 36 heavy (non-hydrogen) atoms. The standard InChI is InChI=1S/C28H25N5O3/c1-16-11-25-30-15-19-12-23(22-5-3-4-6-24(22)36-17(2)34)26(31-27(19)33(25)32-16)18-7-9-20(10-8-18)28(29)13-21(35)14-28/h3-12,15,21,35H,13-14,29H2,1-2H3/t21-,28-. The molecule has 2 aromatic carbocycles. The molecule has 1 fully saturated rings. The van der Waals surface area contributed by atoms with E-state index in [1.807, 2.05) is 61.5 Å². The molecule has 8 nitrogen and oxygen atoms in total. The van der Waals surface area contributed by atoms with Crippen LogP contribution >= 0.6 is 0 Å². The maximum absolute atomic E-state index is 11.8. The van der Waals surface area contributed by atoms with Gasteiger partial charge >= 0.3 is 5.97 Å². The highest BCUT2D eigenvalue weighted by molar-refractivity contribution is 5.92. The van der Waals surface area contributed by atoms with Crippen LogP contribution in [0.5, 0.6) is 5.75 Å². The number of rotatable bonds is 4. The van der Waals surface area contributed by atoms with Crippen LogP contribution in [0.15, 0.2) is 66.9 Å². The van der Waals surface area contributed by atoms with E-state index in [-0.39, 0.29) is 6.10 Å². The molecule has 0 unspecified atom stereocenters. The average Bonchev–Trinajstić information content (AvgIpc) is 3.23. The van der Waals surface area contributed by atoms with Crippen LogP contribution in [0.25, 0.3) is 39.1 Å². The van der Waals surface area contributed by atoms with E-state index in [4.69, 9.17) is 15.5 Å². The van der Waals surface area contributed by atoms with Crippen molar-refractivity contribution in [2.24, 2.45) is 5.73 Å². The number of pyridine rings is 1. The first kappa shape index (κ1) is 22.3. The van der Waals surface area contributed by atoms with Gasteiger partial charge in [0.15, 0.2) is 11.3 Å². The highest BCUT2D eigenvalue weighted by Crippen LogP contribution is 2.41. The predicted molar refractivity (Wildman–Crippen MR) is 136 cm³/mol. The first-order chi connectivity index (χ1) is 17.3. The Labute approximate surface area is 207 Å². The minimum atomic E-state index is -0.510. The number of ether oxygens (including phenoxy) is 1. The fraction of sp³-hybridized carbons (Fsp3) is 0.214. The normalized spacial score (nSPS) is 19.4. The Morgan fingerprint density at radius 2 is 1.86 bits per heavy atom. The van der Waals surface area contributed by atoms with Gasteiger partial charge in [0, 0.05) is 46.8 Å². The van der Waals surface area contributed by atoms with Crippen molar-refractivity contribution in [2.75, 3.05) is 0 Å². The summed E-state index contributed by atoms with van der Waals surface area (Å²) in [4.78, 5) is 21.4. The molecule has 0 amide bonds. The second-order valence-corrected chi connectivity index (χ2v) is 9.50. The highest BCUT2D eigenvalue weighted by atomic mass is 16.5. The number of para-hydroxylation sites is 1. The van der Waals surface area contributed by atoms with Crippen molar-refractivity contribution in [3.05, 3.63) is 78.1 Å². The van der Waals surface area contributed by atoms with Gasteiger partial charge in [-0.2, -0.15) is 9.61 Å². The van der Waals surface area contributed by atoms with Gasteiger partial charge in [0.2, 0.25) is 0 Å². The number of benzene rings is 2. The van der Waals surface area contributed by atoms with E-state index < -0.39 is 11.5 Å². The van der Waals surface area contributed by atoms with Crippen LogP contribution in [-0.2, 0) is 10.3 Å². The first-order valence-corrected chi connectivity index (χ1v) is 11.8. The number of aliphatic hydroxyl groups is 1. The summed E-state index contributed by atoms with van der Waals surface area (Å²) < 4.78 is 7.28. The van der Waals surface area contributed by atoms with E-state index in [0.29, 0.717) is 29.9 Å². The maximum atomic E-state index is 11.8. The summed E-state index contributed by atoms with van der Waals surface area (Å²) >= 11 is 0. The molecule has 0 bridgehead atoms. The molecule has 3 aromatic heterocycles. The third-order valence-electron chi connectivity index (χ3n) is 6.74. The van der Waals surface area contributed by atoms with Crippen LogP contribution in [0.4, 0.5) is 0 Å². The molecule has 3 heterocycles. The fourth-order valence-electron chi connectivity index (χ4n) is 4.99. The molecule has 180 valence electrons. The molecule has 1 aliphatic carbocycles. The second-order valence-electron chi connectivity index (χ2n) is 9.50. The van der Waals surface area contributed by atoms with Gasteiger partial charge in [-0.3, -0.25) is 4.79 Å². The molecule has 0 aliphatic heterocycles. The van der Waals surface area contributed by atoms with Crippen LogP contribution in [0.3, 0.4) is 0 Å². The van der Waals surface area contributed by atoms with Gasteiger partial charge in [0.25, 0.3) is 0 Å². The van der Waals surface area contributed by atoms with Crippen LogP contribution < -0.4 is 10.5 Å². The summed E-state index contributed by atoms with van der Waals surface area (Å²) in [5.41, 5.74) is 12.4. The largest absolute Gasteiger partial charge is 0.426 e. The van der Waals surface area contributed by atoms with Crippen molar-refractivity contribution in [1.29, 1.82) is 0 Å². The third kappa shape index (κ3) is 3.71. The van der Waals surface area contributed by atoms with Crippen molar-refractivity contribution in [3.8, 4) is 28.1 Å². The molecule has 5 aromatic rings. The highest BCUT2D eigenvalue weighted by Gasteiger charge is 2.41. The third-order valence-corrected chi connectivity index (χ3v) is 6.74. The predicted octanol–water partition coefficient (Wildman–Crippen LogP) is 4.15. The monoisotopic (exact) mass is 479 g/mol. The Morgan fingerprint density at radius 3 is 2.58 bits per heavy atom. The van der Waals surface area contributed by atoms with E-state index in [1.54, 1.807) is 16.8 Å². The lowest BCUT2D eigenvalue weighted by molar-refractivity contribution is -0.131. The number of carbonyl (C=O) groups is 1. The van der Waals surface area contributed by atoms with Crippen LogP contribution in [0.1, 0.15) is 31.0 Å². The van der Waals surface area contributed by atoms with E-state index in [9.17, 15) is 9.90 Å². The average molecular weight is 480 g/mol. The smallest absolute Gasteiger partial charge is 0.308 e. The number of aromatic nitrogens is 4. The number of carbonyl (C=O) groups excluding carboxylic acids is 1. The van der Waals surface area contributed by atoms with Gasteiger partial charge < -0.3 is 15.6 Å². The molecule has 3 N–H and O–H groups in total. The Balaban J connectivity index is 1.57. The molecule has 0 radical (unpaired) electrons. The minimum Gasteiger partial charge on any atom is -0.426 e. The zero-order chi connectivity index (χ0) is 25.0. The quantitative estimate of drug-likeness (QED) is 0.294. The molecule has 0 saturated heterocycles. The van der Waals surface area contributed by atoms with Crippen molar-refractivity contribution < 1.29 is 14.6 Å². The first-order valence-electron chi connectivity index (χ1n) is 11.8. The lowest BCUT2D eigenvalue weighted by atomic mass is 9.70. The summed E-state index contributed by atoms with van der Waals surface area (Å²) in [7, 11) is 0. The van der Waals surface area contributed by atoms with Crippen LogP contribution in [0, 0.1) is 6.92 Å². The number of nitrogens with two attached hydrogens (primary N) is 1. The molecule has 0 atom stereocenters. The van der Waals surface area contributed by atoms with Crippen molar-refractivity contribution in [3.63, 3.8) is 0 Å². The fourth-order valence-corrected chi connectivity index (χ4v) is 4.99. The number of fused-ring (bicyclic) bond motifs is 3. The van der Waals surface area contributed by atoms with Crippen molar-refractivity contribution in [2.45, 2.75) is 38.3 Å². The van der Waals surface area contributed by atoms with Gasteiger partial charge in [-0.25, -0.2) is 9.97 Å². The van der Waals surface area contributed by atoms with Gasteiger partial charge in [-0.1, -0.05) is 42.5 Å². The lowest BCUT2D eigenvalue weighted by Crippen LogP contribution is -2.51. The molecular weight excluding hydrogens is 454 g/mol.